The van der Waals surface area contributed by atoms with Crippen LogP contribution >= 0.6 is 0 Å². The van der Waals surface area contributed by atoms with Crippen LogP contribution in [0.4, 0.5) is 0 Å². The first-order chi connectivity index (χ1) is 8.77. The first-order valence-corrected chi connectivity index (χ1v) is 8.42. The van der Waals surface area contributed by atoms with Crippen molar-refractivity contribution in [1.29, 1.82) is 0 Å². The van der Waals surface area contributed by atoms with Gasteiger partial charge in [0.1, 0.15) is 0 Å². The molecule has 0 aliphatic heterocycles. The molecule has 0 aliphatic carbocycles. The fourth-order valence-electron chi connectivity index (χ4n) is 2.27. The van der Waals surface area contributed by atoms with Crippen LogP contribution in [-0.4, -0.2) is 0 Å². The Kier molecular flexibility index (Phi) is 14.6. The van der Waals surface area contributed by atoms with Gasteiger partial charge in [0.05, 0.1) is 0 Å². The maximum Gasteiger partial charge on any atom is -0.0351 e. The molecular formula is C18H36. The average molecular weight is 252 g/mol. The third-order valence-electron chi connectivity index (χ3n) is 3.54. The van der Waals surface area contributed by atoms with Crippen LogP contribution in [0.3, 0.4) is 0 Å². The van der Waals surface area contributed by atoms with E-state index in [1.54, 1.807) is 0 Å². The highest BCUT2D eigenvalue weighted by Gasteiger charge is 1.92. The van der Waals surface area contributed by atoms with E-state index in [4.69, 9.17) is 0 Å². The van der Waals surface area contributed by atoms with Crippen LogP contribution < -0.4 is 0 Å². The van der Waals surface area contributed by atoms with Crippen molar-refractivity contribution in [3.05, 3.63) is 12.2 Å². The Bertz CT molecular complexity index is 167. The predicted octanol–water partition coefficient (Wildman–Crippen LogP) is 6.90. The summed E-state index contributed by atoms with van der Waals surface area (Å²) in [5.41, 5.74) is 0. The SMILES string of the molecule is CCCCCCCCC/C=C/CCCCC(C)C. The van der Waals surface area contributed by atoms with Gasteiger partial charge in [0, 0.05) is 0 Å². The maximum atomic E-state index is 2.40. The molecule has 0 N–H and O–H groups in total. The van der Waals surface area contributed by atoms with E-state index in [0.29, 0.717) is 0 Å². The molecule has 0 bridgehead atoms. The Morgan fingerprint density at radius 3 is 1.72 bits per heavy atom. The molecule has 0 saturated heterocycles. The van der Waals surface area contributed by atoms with Gasteiger partial charge in [-0.1, -0.05) is 84.3 Å². The van der Waals surface area contributed by atoms with E-state index in [0.717, 1.165) is 5.92 Å². The summed E-state index contributed by atoms with van der Waals surface area (Å²) in [4.78, 5) is 0. The topological polar surface area (TPSA) is 0 Å². The molecule has 0 aromatic carbocycles. The van der Waals surface area contributed by atoms with Crippen LogP contribution in [0.15, 0.2) is 12.2 Å². The number of unbranched alkanes of at least 4 members (excludes halogenated alkanes) is 9. The Morgan fingerprint density at radius 2 is 1.17 bits per heavy atom. The molecule has 0 spiro atoms. The normalized spacial score (nSPS) is 11.8. The van der Waals surface area contributed by atoms with Gasteiger partial charge in [-0.3, -0.25) is 0 Å². The lowest BCUT2D eigenvalue weighted by atomic mass is 10.0. The molecule has 0 fully saturated rings. The summed E-state index contributed by atoms with van der Waals surface area (Å²) in [7, 11) is 0. The molecule has 0 amide bonds. The van der Waals surface area contributed by atoms with Crippen molar-refractivity contribution in [3.63, 3.8) is 0 Å². The van der Waals surface area contributed by atoms with E-state index in [9.17, 15) is 0 Å². The van der Waals surface area contributed by atoms with Crippen LogP contribution in [-0.2, 0) is 0 Å². The van der Waals surface area contributed by atoms with Gasteiger partial charge in [0.2, 0.25) is 0 Å². The Hall–Kier alpha value is -0.260. The van der Waals surface area contributed by atoms with E-state index in [-0.39, 0.29) is 0 Å². The Balaban J connectivity index is 3.04. The summed E-state index contributed by atoms with van der Waals surface area (Å²) in [5, 5.41) is 0. The van der Waals surface area contributed by atoms with E-state index < -0.39 is 0 Å². The van der Waals surface area contributed by atoms with E-state index in [1.807, 2.05) is 0 Å². The zero-order valence-corrected chi connectivity index (χ0v) is 13.2. The minimum atomic E-state index is 0.877. The van der Waals surface area contributed by atoms with Gasteiger partial charge in [0.25, 0.3) is 0 Å². The molecule has 108 valence electrons. The van der Waals surface area contributed by atoms with Gasteiger partial charge in [-0.05, 0) is 31.6 Å². The molecule has 0 heterocycles. The third kappa shape index (κ3) is 15.7. The molecule has 0 heteroatoms. The second-order valence-electron chi connectivity index (χ2n) is 6.06. The lowest BCUT2D eigenvalue weighted by Crippen LogP contribution is -1.85. The number of hydrogen-bond donors (Lipinski definition) is 0. The first kappa shape index (κ1) is 17.7. The Morgan fingerprint density at radius 1 is 0.667 bits per heavy atom. The summed E-state index contributed by atoms with van der Waals surface area (Å²) in [6.07, 6.45) is 21.5. The molecule has 0 atom stereocenters. The minimum Gasteiger partial charge on any atom is -0.0885 e. The minimum absolute atomic E-state index is 0.877. The highest BCUT2D eigenvalue weighted by molar-refractivity contribution is 4.81. The van der Waals surface area contributed by atoms with Gasteiger partial charge in [-0.2, -0.15) is 0 Å². The zero-order valence-electron chi connectivity index (χ0n) is 13.2. The van der Waals surface area contributed by atoms with Crippen LogP contribution in [0.5, 0.6) is 0 Å². The second kappa shape index (κ2) is 14.8. The number of rotatable bonds is 13. The summed E-state index contributed by atoms with van der Waals surface area (Å²) in [6, 6.07) is 0. The number of hydrogen-bond acceptors (Lipinski definition) is 0. The zero-order chi connectivity index (χ0) is 13.5. The molecule has 0 unspecified atom stereocenters. The van der Waals surface area contributed by atoms with Crippen molar-refractivity contribution in [2.45, 2.75) is 97.8 Å². The quantitative estimate of drug-likeness (QED) is 0.247. The molecule has 18 heavy (non-hydrogen) atoms. The van der Waals surface area contributed by atoms with Crippen molar-refractivity contribution >= 4 is 0 Å². The second-order valence-corrected chi connectivity index (χ2v) is 6.06. The fraction of sp³-hybridized carbons (Fsp3) is 0.889. The van der Waals surface area contributed by atoms with Gasteiger partial charge < -0.3 is 0 Å². The lowest BCUT2D eigenvalue weighted by molar-refractivity contribution is 0.540. The average Bonchev–Trinajstić information content (AvgIpc) is 2.34. The van der Waals surface area contributed by atoms with E-state index in [1.165, 1.54) is 77.0 Å². The molecule has 0 aromatic heterocycles. The van der Waals surface area contributed by atoms with Crippen molar-refractivity contribution in [1.82, 2.24) is 0 Å². The van der Waals surface area contributed by atoms with Crippen LogP contribution in [0.1, 0.15) is 97.8 Å². The third-order valence-corrected chi connectivity index (χ3v) is 3.54. The van der Waals surface area contributed by atoms with E-state index in [2.05, 4.69) is 32.9 Å². The molecule has 0 saturated carbocycles. The summed E-state index contributed by atoms with van der Waals surface area (Å²) in [5.74, 6) is 0.877. The maximum absolute atomic E-state index is 2.40. The monoisotopic (exact) mass is 252 g/mol. The van der Waals surface area contributed by atoms with Gasteiger partial charge in [-0.15, -0.1) is 0 Å². The largest absolute Gasteiger partial charge is 0.0885 e. The summed E-state index contributed by atoms with van der Waals surface area (Å²) >= 11 is 0. The van der Waals surface area contributed by atoms with Crippen LogP contribution in [0, 0.1) is 5.92 Å². The molecule has 0 aromatic rings. The highest BCUT2D eigenvalue weighted by atomic mass is 14.0. The van der Waals surface area contributed by atoms with Crippen molar-refractivity contribution in [2.24, 2.45) is 5.92 Å². The van der Waals surface area contributed by atoms with Gasteiger partial charge in [-0.25, -0.2) is 0 Å². The lowest BCUT2D eigenvalue weighted by Gasteiger charge is -2.01. The Labute approximate surface area is 116 Å². The molecule has 0 rings (SSSR count). The fourth-order valence-corrected chi connectivity index (χ4v) is 2.27. The van der Waals surface area contributed by atoms with Gasteiger partial charge >= 0.3 is 0 Å². The number of allylic oxidation sites excluding steroid dienone is 2. The molecule has 0 aliphatic rings. The van der Waals surface area contributed by atoms with Crippen molar-refractivity contribution in [2.75, 3.05) is 0 Å². The smallest absolute Gasteiger partial charge is 0.0351 e. The highest BCUT2D eigenvalue weighted by Crippen LogP contribution is 2.10. The molecule has 0 nitrogen and oxygen atoms in total. The predicted molar refractivity (Wildman–Crippen MR) is 85.1 cm³/mol. The first-order valence-electron chi connectivity index (χ1n) is 8.42. The van der Waals surface area contributed by atoms with Crippen molar-refractivity contribution < 1.29 is 0 Å². The van der Waals surface area contributed by atoms with Crippen molar-refractivity contribution in [3.8, 4) is 0 Å². The van der Waals surface area contributed by atoms with Crippen LogP contribution in [0.25, 0.3) is 0 Å². The summed E-state index contributed by atoms with van der Waals surface area (Å²) < 4.78 is 0. The van der Waals surface area contributed by atoms with E-state index >= 15 is 0 Å². The molecular weight excluding hydrogens is 216 g/mol. The molecule has 0 radical (unpaired) electrons. The standard InChI is InChI=1S/C18H36/c1-4-5-6-7-8-9-10-11-12-13-14-15-16-17-18(2)3/h12-13,18H,4-11,14-17H2,1-3H3/b13-12+. The summed E-state index contributed by atoms with van der Waals surface area (Å²) in [6.45, 7) is 6.92. The van der Waals surface area contributed by atoms with Gasteiger partial charge in [0.15, 0.2) is 0 Å². The van der Waals surface area contributed by atoms with Crippen LogP contribution in [0.2, 0.25) is 0 Å².